The highest BCUT2D eigenvalue weighted by atomic mass is 19.4. The maximum Gasteiger partial charge on any atom is 0.417 e. The van der Waals surface area contributed by atoms with Gasteiger partial charge in [-0.25, -0.2) is 8.78 Å². The molecule has 3 N–H and O–H groups in total. The number of likely N-dealkylation sites (tertiary alicyclic amines) is 1. The van der Waals surface area contributed by atoms with Crippen LogP contribution in [0.15, 0.2) is 24.3 Å². The lowest BCUT2D eigenvalue weighted by Gasteiger charge is -2.41. The van der Waals surface area contributed by atoms with Gasteiger partial charge in [-0.1, -0.05) is 26.0 Å². The van der Waals surface area contributed by atoms with Gasteiger partial charge in [0.05, 0.1) is 22.4 Å². The normalized spacial score (nSPS) is 23.6. The van der Waals surface area contributed by atoms with Crippen molar-refractivity contribution in [2.24, 2.45) is 5.41 Å². The number of nitrogens with two attached hydrogens (primary N) is 1. The summed E-state index contributed by atoms with van der Waals surface area (Å²) in [4.78, 5) is 13.2. The van der Waals surface area contributed by atoms with Crippen LogP contribution in [-0.2, 0) is 6.18 Å². The van der Waals surface area contributed by atoms with Crippen LogP contribution in [0.3, 0.4) is 0 Å². The first-order valence-corrected chi connectivity index (χ1v) is 15.4. The fraction of sp³-hybridized carbons (Fsp3) is 0.485. The van der Waals surface area contributed by atoms with Gasteiger partial charge in [-0.05, 0) is 50.4 Å². The van der Waals surface area contributed by atoms with E-state index in [1.165, 1.54) is 0 Å². The van der Waals surface area contributed by atoms with Gasteiger partial charge < -0.3 is 25.6 Å². The SMILES string of the molecule is C=C1CCN(CC)C[C@@]1(C)COc1nc(N2C[C@H]3CC[C@@H](C2)N3)c2cc(F)c(-c3c(C#N)c(N)cc(C)c3C(F)(F)F)c(F)c2n1. The Hall–Kier alpha value is -4.02. The van der Waals surface area contributed by atoms with E-state index >= 15 is 8.78 Å². The minimum absolute atomic E-state index is 0.00876. The summed E-state index contributed by atoms with van der Waals surface area (Å²) in [5.41, 5.74) is 1.33. The molecule has 1 aromatic heterocycles. The Morgan fingerprint density at radius 2 is 1.87 bits per heavy atom. The van der Waals surface area contributed by atoms with Crippen molar-refractivity contribution < 1.29 is 26.7 Å². The van der Waals surface area contributed by atoms with E-state index < -0.39 is 51.0 Å². The van der Waals surface area contributed by atoms with Crippen molar-refractivity contribution >= 4 is 22.4 Å². The largest absolute Gasteiger partial charge is 0.462 e. The van der Waals surface area contributed by atoms with Crippen LogP contribution >= 0.6 is 0 Å². The molecule has 2 bridgehead atoms. The van der Waals surface area contributed by atoms with Crippen molar-refractivity contribution in [1.82, 2.24) is 20.2 Å². The number of fused-ring (bicyclic) bond motifs is 3. The zero-order valence-corrected chi connectivity index (χ0v) is 26.0. The summed E-state index contributed by atoms with van der Waals surface area (Å²) < 4.78 is 82.2. The predicted octanol–water partition coefficient (Wildman–Crippen LogP) is 5.96. The molecule has 3 fully saturated rings. The minimum Gasteiger partial charge on any atom is -0.462 e. The molecule has 4 heterocycles. The summed E-state index contributed by atoms with van der Waals surface area (Å²) in [5.74, 6) is -2.43. The van der Waals surface area contributed by atoms with Crippen LogP contribution in [0.4, 0.5) is 33.5 Å². The quantitative estimate of drug-likeness (QED) is 0.193. The number of nitrogen functional groups attached to an aromatic ring is 1. The van der Waals surface area contributed by atoms with Crippen molar-refractivity contribution in [3.63, 3.8) is 0 Å². The third kappa shape index (κ3) is 5.51. The van der Waals surface area contributed by atoms with Gasteiger partial charge in [0.15, 0.2) is 5.82 Å². The third-order valence-corrected chi connectivity index (χ3v) is 9.68. The van der Waals surface area contributed by atoms with Gasteiger partial charge in [-0.15, -0.1) is 0 Å². The summed E-state index contributed by atoms with van der Waals surface area (Å²) in [6.07, 6.45) is -2.40. The van der Waals surface area contributed by atoms with E-state index in [1.807, 2.05) is 11.8 Å². The Morgan fingerprint density at radius 3 is 2.50 bits per heavy atom. The average Bonchev–Trinajstić information content (AvgIpc) is 3.33. The molecule has 3 aliphatic heterocycles. The number of piperazine rings is 1. The molecule has 0 saturated carbocycles. The summed E-state index contributed by atoms with van der Waals surface area (Å²) >= 11 is 0. The number of alkyl halides is 3. The smallest absolute Gasteiger partial charge is 0.417 e. The Labute approximate surface area is 264 Å². The third-order valence-electron chi connectivity index (χ3n) is 9.68. The number of piperidine rings is 1. The van der Waals surface area contributed by atoms with Gasteiger partial charge in [0.1, 0.15) is 29.8 Å². The molecule has 0 radical (unpaired) electrons. The lowest BCUT2D eigenvalue weighted by molar-refractivity contribution is -0.137. The van der Waals surface area contributed by atoms with Crippen molar-refractivity contribution in [2.75, 3.05) is 50.0 Å². The lowest BCUT2D eigenvalue weighted by Crippen LogP contribution is -2.51. The number of nitrogens with one attached hydrogen (secondary N) is 1. The first-order valence-electron chi connectivity index (χ1n) is 15.4. The zero-order chi connectivity index (χ0) is 33.1. The number of anilines is 2. The van der Waals surface area contributed by atoms with Crippen molar-refractivity contribution in [2.45, 2.75) is 58.3 Å². The highest BCUT2D eigenvalue weighted by molar-refractivity contribution is 5.95. The number of rotatable bonds is 6. The van der Waals surface area contributed by atoms with E-state index in [0.717, 1.165) is 57.0 Å². The number of ether oxygens (including phenoxy) is 1. The van der Waals surface area contributed by atoms with Crippen LogP contribution in [0, 0.1) is 35.3 Å². The molecule has 3 aliphatic rings. The van der Waals surface area contributed by atoms with E-state index in [4.69, 9.17) is 10.5 Å². The lowest BCUT2D eigenvalue weighted by atomic mass is 9.78. The molecule has 13 heteroatoms. The number of nitriles is 1. The summed E-state index contributed by atoms with van der Waals surface area (Å²) in [7, 11) is 0. The van der Waals surface area contributed by atoms with E-state index in [9.17, 15) is 18.4 Å². The van der Waals surface area contributed by atoms with Crippen LogP contribution in [0.5, 0.6) is 6.01 Å². The maximum absolute atomic E-state index is 16.7. The molecule has 6 rings (SSSR count). The molecular weight excluding hydrogens is 605 g/mol. The van der Waals surface area contributed by atoms with Gasteiger partial charge in [0.2, 0.25) is 0 Å². The minimum atomic E-state index is -5.04. The number of aryl methyl sites for hydroxylation is 1. The van der Waals surface area contributed by atoms with Crippen molar-refractivity contribution in [1.29, 1.82) is 5.26 Å². The number of hydrogen-bond acceptors (Lipinski definition) is 8. The van der Waals surface area contributed by atoms with E-state index in [2.05, 4.69) is 33.7 Å². The topological polar surface area (TPSA) is 103 Å². The maximum atomic E-state index is 16.7. The number of aromatic nitrogens is 2. The Bertz CT molecular complexity index is 1760. The molecule has 0 unspecified atom stereocenters. The molecule has 0 aliphatic carbocycles. The molecule has 8 nitrogen and oxygen atoms in total. The predicted molar refractivity (Wildman–Crippen MR) is 165 cm³/mol. The Morgan fingerprint density at radius 1 is 1.17 bits per heavy atom. The summed E-state index contributed by atoms with van der Waals surface area (Å²) in [6.45, 7) is 13.0. The summed E-state index contributed by atoms with van der Waals surface area (Å²) in [5, 5.41) is 13.3. The molecule has 244 valence electrons. The van der Waals surface area contributed by atoms with Crippen LogP contribution < -0.4 is 20.7 Å². The fourth-order valence-electron chi connectivity index (χ4n) is 7.17. The number of nitrogens with zero attached hydrogens (tertiary/aromatic N) is 5. The molecule has 0 spiro atoms. The highest BCUT2D eigenvalue weighted by Crippen LogP contribution is 2.46. The second-order valence-corrected chi connectivity index (χ2v) is 12.9. The Balaban J connectivity index is 1.54. The standard InChI is InChI=1S/C33H36F5N7O/c1-5-44-9-8-18(3)32(4,15-44)16-46-31-42-29-21(30(43-31)45-13-19-6-7-20(14-45)41-19)11-23(34)26(28(29)35)25-22(12-39)24(40)10-17(2)27(25)33(36,37)38/h10-11,19-20,41H,3,5-9,13-16,40H2,1-2,4H3/t19-,20+,32-/m0/s1. The molecule has 3 saturated heterocycles. The average molecular weight is 642 g/mol. The fourth-order valence-corrected chi connectivity index (χ4v) is 7.17. The van der Waals surface area contributed by atoms with Gasteiger partial charge in [-0.2, -0.15) is 28.4 Å². The monoisotopic (exact) mass is 641 g/mol. The molecule has 3 atom stereocenters. The van der Waals surface area contributed by atoms with Crippen LogP contribution in [0.2, 0.25) is 0 Å². The first-order chi connectivity index (χ1) is 21.7. The highest BCUT2D eigenvalue weighted by Gasteiger charge is 2.41. The number of halogens is 5. The van der Waals surface area contributed by atoms with E-state index in [-0.39, 0.29) is 47.2 Å². The second-order valence-electron chi connectivity index (χ2n) is 12.9. The Kier molecular flexibility index (Phi) is 8.09. The molecule has 2 aromatic carbocycles. The number of benzene rings is 2. The van der Waals surface area contributed by atoms with Gasteiger partial charge >= 0.3 is 12.2 Å². The van der Waals surface area contributed by atoms with E-state index in [0.29, 0.717) is 19.6 Å². The molecule has 0 amide bonds. The van der Waals surface area contributed by atoms with E-state index in [1.54, 1.807) is 6.07 Å². The van der Waals surface area contributed by atoms with Crippen LogP contribution in [0.25, 0.3) is 22.0 Å². The number of hydrogen-bond donors (Lipinski definition) is 2. The summed E-state index contributed by atoms with van der Waals surface area (Å²) in [6, 6.07) is 3.66. The second kappa shape index (κ2) is 11.7. The molecule has 3 aromatic rings. The van der Waals surface area contributed by atoms with Gasteiger partial charge in [0.25, 0.3) is 0 Å². The van der Waals surface area contributed by atoms with Crippen LogP contribution in [-0.4, -0.2) is 66.3 Å². The molecular formula is C33H36F5N7O. The molecule has 46 heavy (non-hydrogen) atoms. The zero-order valence-electron chi connectivity index (χ0n) is 26.0. The van der Waals surface area contributed by atoms with Gasteiger partial charge in [-0.3, -0.25) is 0 Å². The van der Waals surface area contributed by atoms with Crippen molar-refractivity contribution in [3.8, 4) is 23.2 Å². The van der Waals surface area contributed by atoms with Gasteiger partial charge in [0, 0.05) is 54.6 Å². The first kappa shape index (κ1) is 31.9. The van der Waals surface area contributed by atoms with Crippen molar-refractivity contribution in [3.05, 3.63) is 52.6 Å². The van der Waals surface area contributed by atoms with Crippen LogP contribution in [0.1, 0.15) is 49.8 Å².